The van der Waals surface area contributed by atoms with Crippen LogP contribution < -0.4 is 5.32 Å². The lowest BCUT2D eigenvalue weighted by atomic mass is 9.78. The monoisotopic (exact) mass is 261 g/mol. The molecule has 1 aromatic carbocycles. The molecule has 0 aromatic heterocycles. The molecule has 0 bridgehead atoms. The van der Waals surface area contributed by atoms with E-state index in [-0.39, 0.29) is 5.41 Å². The number of piperidine rings is 1. The topological polar surface area (TPSA) is 49.3 Å². The Kier molecular flexibility index (Phi) is 3.95. The third-order valence-corrected chi connectivity index (χ3v) is 3.90. The van der Waals surface area contributed by atoms with Crippen LogP contribution in [0.4, 0.5) is 0 Å². The lowest BCUT2D eigenvalue weighted by Gasteiger charge is -2.28. The van der Waals surface area contributed by atoms with E-state index < -0.39 is 5.97 Å². The fourth-order valence-electron chi connectivity index (χ4n) is 2.91. The average molecular weight is 261 g/mol. The predicted molar refractivity (Wildman–Crippen MR) is 76.9 cm³/mol. The van der Waals surface area contributed by atoms with E-state index in [1.54, 1.807) is 0 Å². The van der Waals surface area contributed by atoms with Crippen LogP contribution in [0.15, 0.2) is 18.2 Å². The van der Waals surface area contributed by atoms with E-state index in [1.165, 1.54) is 0 Å². The van der Waals surface area contributed by atoms with Crippen LogP contribution >= 0.6 is 0 Å². The quantitative estimate of drug-likeness (QED) is 0.859. The molecule has 0 spiro atoms. The van der Waals surface area contributed by atoms with E-state index in [4.69, 9.17) is 0 Å². The van der Waals surface area contributed by atoms with Crippen LogP contribution in [0.1, 0.15) is 61.0 Å². The molecule has 1 fully saturated rings. The van der Waals surface area contributed by atoms with E-state index in [9.17, 15) is 9.90 Å². The molecule has 0 unspecified atom stereocenters. The van der Waals surface area contributed by atoms with Crippen LogP contribution in [0.3, 0.4) is 0 Å². The summed E-state index contributed by atoms with van der Waals surface area (Å²) in [6.45, 7) is 8.16. The molecule has 0 saturated carbocycles. The van der Waals surface area contributed by atoms with Crippen molar-refractivity contribution in [3.8, 4) is 0 Å². The highest BCUT2D eigenvalue weighted by Crippen LogP contribution is 2.34. The van der Waals surface area contributed by atoms with Crippen molar-refractivity contribution in [2.24, 2.45) is 0 Å². The Morgan fingerprint density at radius 1 is 1.26 bits per heavy atom. The molecule has 1 aliphatic rings. The largest absolute Gasteiger partial charge is 0.478 e. The fraction of sp³-hybridized carbons (Fsp3) is 0.562. The first-order valence-corrected chi connectivity index (χ1v) is 6.98. The van der Waals surface area contributed by atoms with Crippen LogP contribution in [-0.4, -0.2) is 24.2 Å². The smallest absolute Gasteiger partial charge is 0.336 e. The maximum Gasteiger partial charge on any atom is 0.336 e. The van der Waals surface area contributed by atoms with E-state index >= 15 is 0 Å². The van der Waals surface area contributed by atoms with Crippen LogP contribution in [0.25, 0.3) is 0 Å². The standard InChI is InChI=1S/C16H23NO2/c1-16(2,3)13-6-4-5-12(14(13)15(18)19)11-7-9-17-10-8-11/h4-6,11,17H,7-10H2,1-3H3,(H,18,19). The Morgan fingerprint density at radius 2 is 1.89 bits per heavy atom. The first-order valence-electron chi connectivity index (χ1n) is 6.98. The number of hydrogen-bond acceptors (Lipinski definition) is 2. The van der Waals surface area contributed by atoms with Crippen molar-refractivity contribution in [2.75, 3.05) is 13.1 Å². The van der Waals surface area contributed by atoms with Gasteiger partial charge in [-0.15, -0.1) is 0 Å². The van der Waals surface area contributed by atoms with Gasteiger partial charge in [-0.1, -0.05) is 39.0 Å². The van der Waals surface area contributed by atoms with E-state index in [0.29, 0.717) is 11.5 Å². The number of carbonyl (C=O) groups is 1. The summed E-state index contributed by atoms with van der Waals surface area (Å²) in [4.78, 5) is 11.7. The molecular formula is C16H23NO2. The summed E-state index contributed by atoms with van der Waals surface area (Å²) >= 11 is 0. The summed E-state index contributed by atoms with van der Waals surface area (Å²) in [5.74, 6) is -0.422. The summed E-state index contributed by atoms with van der Waals surface area (Å²) < 4.78 is 0. The predicted octanol–water partition coefficient (Wildman–Crippen LogP) is 3.15. The maximum atomic E-state index is 11.7. The lowest BCUT2D eigenvalue weighted by molar-refractivity contribution is 0.0692. The first-order chi connectivity index (χ1) is 8.91. The molecule has 1 saturated heterocycles. The fourth-order valence-corrected chi connectivity index (χ4v) is 2.91. The van der Waals surface area contributed by atoms with Crippen molar-refractivity contribution >= 4 is 5.97 Å². The van der Waals surface area contributed by atoms with Crippen molar-refractivity contribution in [3.05, 3.63) is 34.9 Å². The van der Waals surface area contributed by atoms with Crippen LogP contribution in [0.2, 0.25) is 0 Å². The van der Waals surface area contributed by atoms with Gasteiger partial charge in [-0.2, -0.15) is 0 Å². The minimum Gasteiger partial charge on any atom is -0.478 e. The molecule has 1 aliphatic heterocycles. The molecule has 2 rings (SSSR count). The Labute approximate surface area is 115 Å². The van der Waals surface area contributed by atoms with Gasteiger partial charge in [0.1, 0.15) is 0 Å². The Morgan fingerprint density at radius 3 is 2.42 bits per heavy atom. The molecule has 104 valence electrons. The molecule has 0 atom stereocenters. The number of hydrogen-bond donors (Lipinski definition) is 2. The number of benzene rings is 1. The highest BCUT2D eigenvalue weighted by atomic mass is 16.4. The summed E-state index contributed by atoms with van der Waals surface area (Å²) in [6.07, 6.45) is 2.04. The van der Waals surface area contributed by atoms with E-state index in [2.05, 4.69) is 26.1 Å². The van der Waals surface area contributed by atoms with Crippen LogP contribution in [0, 0.1) is 0 Å². The summed E-state index contributed by atoms with van der Waals surface area (Å²) in [5.41, 5.74) is 2.34. The molecule has 19 heavy (non-hydrogen) atoms. The normalized spacial score (nSPS) is 17.4. The molecule has 0 aliphatic carbocycles. The Balaban J connectivity index is 2.51. The van der Waals surface area contributed by atoms with E-state index in [1.807, 2.05) is 18.2 Å². The number of carboxylic acids is 1. The Hall–Kier alpha value is -1.35. The summed E-state index contributed by atoms with van der Waals surface area (Å²) in [5, 5.41) is 13.0. The second kappa shape index (κ2) is 5.33. The van der Waals surface area contributed by atoms with Gasteiger partial charge in [0, 0.05) is 0 Å². The number of carboxylic acid groups (broad SMARTS) is 1. The van der Waals surface area contributed by atoms with Crippen molar-refractivity contribution in [3.63, 3.8) is 0 Å². The highest BCUT2D eigenvalue weighted by Gasteiger charge is 2.27. The van der Waals surface area contributed by atoms with Gasteiger partial charge >= 0.3 is 5.97 Å². The molecular weight excluding hydrogens is 238 g/mol. The van der Waals surface area contributed by atoms with Crippen molar-refractivity contribution in [1.82, 2.24) is 5.32 Å². The third-order valence-electron chi connectivity index (χ3n) is 3.90. The van der Waals surface area contributed by atoms with Crippen LogP contribution in [-0.2, 0) is 5.41 Å². The maximum absolute atomic E-state index is 11.7. The minimum atomic E-state index is -0.793. The first kappa shape index (κ1) is 14.1. The van der Waals surface area contributed by atoms with Crippen molar-refractivity contribution in [2.45, 2.75) is 44.9 Å². The zero-order valence-electron chi connectivity index (χ0n) is 12.0. The van der Waals surface area contributed by atoms with Gasteiger partial charge in [0.15, 0.2) is 0 Å². The molecule has 1 aromatic rings. The second-order valence-corrected chi connectivity index (χ2v) is 6.35. The number of rotatable bonds is 2. The van der Waals surface area contributed by atoms with Gasteiger partial charge in [0.05, 0.1) is 5.56 Å². The van der Waals surface area contributed by atoms with Crippen molar-refractivity contribution in [1.29, 1.82) is 0 Å². The summed E-state index contributed by atoms with van der Waals surface area (Å²) in [6, 6.07) is 5.95. The highest BCUT2D eigenvalue weighted by molar-refractivity contribution is 5.92. The SMILES string of the molecule is CC(C)(C)c1cccc(C2CCNCC2)c1C(=O)O. The molecule has 0 radical (unpaired) electrons. The van der Waals surface area contributed by atoms with Gasteiger partial charge in [-0.05, 0) is 48.4 Å². The molecule has 0 amide bonds. The van der Waals surface area contributed by atoms with Crippen molar-refractivity contribution < 1.29 is 9.90 Å². The van der Waals surface area contributed by atoms with Gasteiger partial charge in [0.2, 0.25) is 0 Å². The molecule has 3 nitrogen and oxygen atoms in total. The number of nitrogens with one attached hydrogen (secondary N) is 1. The van der Waals surface area contributed by atoms with Gasteiger partial charge in [-0.3, -0.25) is 0 Å². The second-order valence-electron chi connectivity index (χ2n) is 6.35. The van der Waals surface area contributed by atoms with Gasteiger partial charge < -0.3 is 10.4 Å². The Bertz CT molecular complexity index is 468. The minimum absolute atomic E-state index is 0.142. The zero-order chi connectivity index (χ0) is 14.0. The zero-order valence-corrected chi connectivity index (χ0v) is 12.0. The molecule has 3 heteroatoms. The van der Waals surface area contributed by atoms with Gasteiger partial charge in [-0.25, -0.2) is 4.79 Å². The van der Waals surface area contributed by atoms with E-state index in [0.717, 1.165) is 37.1 Å². The van der Waals surface area contributed by atoms with Crippen LogP contribution in [0.5, 0.6) is 0 Å². The summed E-state index contributed by atoms with van der Waals surface area (Å²) in [7, 11) is 0. The average Bonchev–Trinajstić information content (AvgIpc) is 2.37. The third kappa shape index (κ3) is 2.98. The molecule has 2 N–H and O–H groups in total. The lowest BCUT2D eigenvalue weighted by Crippen LogP contribution is -2.28. The molecule has 1 heterocycles. The van der Waals surface area contributed by atoms with Gasteiger partial charge in [0.25, 0.3) is 0 Å². The number of aromatic carboxylic acids is 1.